The highest BCUT2D eigenvalue weighted by Gasteiger charge is 2.13. The summed E-state index contributed by atoms with van der Waals surface area (Å²) in [5, 5.41) is 3.42. The summed E-state index contributed by atoms with van der Waals surface area (Å²) in [6.45, 7) is 2.61. The Kier molecular flexibility index (Phi) is 3.22. The summed E-state index contributed by atoms with van der Waals surface area (Å²) in [6, 6.07) is 4.50. The summed E-state index contributed by atoms with van der Waals surface area (Å²) in [7, 11) is 0. The number of ether oxygens (including phenoxy) is 1. The van der Waals surface area contributed by atoms with Crippen LogP contribution in [0.5, 0.6) is 0 Å². The minimum absolute atomic E-state index is 0.462. The van der Waals surface area contributed by atoms with Crippen LogP contribution in [0.1, 0.15) is 4.88 Å². The second-order valence-corrected chi connectivity index (χ2v) is 4.94. The summed E-state index contributed by atoms with van der Waals surface area (Å²) in [5.74, 6) is 0. The SMILES string of the molecule is Clc1ccc(CC2COCCN2)s1. The second kappa shape index (κ2) is 4.42. The number of rotatable bonds is 2. The summed E-state index contributed by atoms with van der Waals surface area (Å²) < 4.78 is 6.24. The number of morpholine rings is 1. The van der Waals surface area contributed by atoms with Gasteiger partial charge in [-0.15, -0.1) is 11.3 Å². The smallest absolute Gasteiger partial charge is 0.0931 e. The minimum Gasteiger partial charge on any atom is -0.379 e. The standard InChI is InChI=1S/C9H12ClNOS/c10-9-2-1-8(13-9)5-7-6-12-4-3-11-7/h1-2,7,11H,3-6H2. The molecule has 2 nitrogen and oxygen atoms in total. The van der Waals surface area contributed by atoms with Gasteiger partial charge in [0.1, 0.15) is 0 Å². The molecule has 1 saturated heterocycles. The summed E-state index contributed by atoms with van der Waals surface area (Å²) in [4.78, 5) is 1.33. The van der Waals surface area contributed by atoms with Crippen molar-refractivity contribution in [2.24, 2.45) is 0 Å². The van der Waals surface area contributed by atoms with E-state index >= 15 is 0 Å². The first kappa shape index (κ1) is 9.46. The van der Waals surface area contributed by atoms with Crippen LogP contribution in [0.4, 0.5) is 0 Å². The minimum atomic E-state index is 0.462. The number of nitrogens with one attached hydrogen (secondary N) is 1. The van der Waals surface area contributed by atoms with Crippen molar-refractivity contribution in [1.82, 2.24) is 5.32 Å². The Morgan fingerprint density at radius 3 is 3.15 bits per heavy atom. The number of hydrogen-bond donors (Lipinski definition) is 1. The normalized spacial score (nSPS) is 23.3. The van der Waals surface area contributed by atoms with Crippen molar-refractivity contribution in [3.8, 4) is 0 Å². The fourth-order valence-electron chi connectivity index (χ4n) is 1.46. The average Bonchev–Trinajstić information content (AvgIpc) is 2.53. The zero-order chi connectivity index (χ0) is 9.10. The highest BCUT2D eigenvalue weighted by molar-refractivity contribution is 7.16. The van der Waals surface area contributed by atoms with Gasteiger partial charge in [0.2, 0.25) is 0 Å². The van der Waals surface area contributed by atoms with Crippen molar-refractivity contribution in [1.29, 1.82) is 0 Å². The number of hydrogen-bond acceptors (Lipinski definition) is 3. The van der Waals surface area contributed by atoms with E-state index in [9.17, 15) is 0 Å². The molecule has 0 bridgehead atoms. The molecule has 1 aliphatic rings. The molecule has 0 radical (unpaired) electrons. The van der Waals surface area contributed by atoms with Crippen LogP contribution in [-0.2, 0) is 11.2 Å². The van der Waals surface area contributed by atoms with E-state index < -0.39 is 0 Å². The van der Waals surface area contributed by atoms with E-state index in [2.05, 4.69) is 11.4 Å². The van der Waals surface area contributed by atoms with Gasteiger partial charge in [-0.25, -0.2) is 0 Å². The largest absolute Gasteiger partial charge is 0.379 e. The summed E-state index contributed by atoms with van der Waals surface area (Å²) >= 11 is 7.50. The lowest BCUT2D eigenvalue weighted by atomic mass is 10.2. The third-order valence-electron chi connectivity index (χ3n) is 2.07. The molecule has 4 heteroatoms. The van der Waals surface area contributed by atoms with Crippen LogP contribution in [0.25, 0.3) is 0 Å². The van der Waals surface area contributed by atoms with Crippen LogP contribution < -0.4 is 5.32 Å². The summed E-state index contributed by atoms with van der Waals surface area (Å²) in [6.07, 6.45) is 1.03. The zero-order valence-electron chi connectivity index (χ0n) is 7.25. The molecule has 1 aliphatic heterocycles. The van der Waals surface area contributed by atoms with Gasteiger partial charge in [-0.3, -0.25) is 0 Å². The van der Waals surface area contributed by atoms with E-state index in [0.717, 1.165) is 30.5 Å². The Hall–Kier alpha value is -0.0900. The molecular weight excluding hydrogens is 206 g/mol. The van der Waals surface area contributed by atoms with Crippen molar-refractivity contribution in [2.45, 2.75) is 12.5 Å². The number of thiophene rings is 1. The van der Waals surface area contributed by atoms with Gasteiger partial charge in [0.15, 0.2) is 0 Å². The Bertz CT molecular complexity index is 270. The molecule has 1 N–H and O–H groups in total. The van der Waals surface area contributed by atoms with E-state index in [4.69, 9.17) is 16.3 Å². The van der Waals surface area contributed by atoms with E-state index in [1.807, 2.05) is 6.07 Å². The van der Waals surface area contributed by atoms with Gasteiger partial charge in [-0.1, -0.05) is 11.6 Å². The topological polar surface area (TPSA) is 21.3 Å². The molecule has 0 aliphatic carbocycles. The van der Waals surface area contributed by atoms with Crippen molar-refractivity contribution in [3.63, 3.8) is 0 Å². The molecule has 0 aromatic carbocycles. The Labute approximate surface area is 86.9 Å². The van der Waals surface area contributed by atoms with Crippen molar-refractivity contribution < 1.29 is 4.74 Å². The lowest BCUT2D eigenvalue weighted by molar-refractivity contribution is 0.0772. The lowest BCUT2D eigenvalue weighted by Gasteiger charge is -2.23. The fourth-order valence-corrected chi connectivity index (χ4v) is 2.62. The average molecular weight is 218 g/mol. The van der Waals surface area contributed by atoms with Gasteiger partial charge >= 0.3 is 0 Å². The number of halogens is 1. The first-order chi connectivity index (χ1) is 6.34. The third-order valence-corrected chi connectivity index (χ3v) is 3.33. The maximum atomic E-state index is 5.84. The monoisotopic (exact) mass is 217 g/mol. The molecular formula is C9H12ClNOS. The van der Waals surface area contributed by atoms with Crippen LogP contribution in [0, 0.1) is 0 Å². The van der Waals surface area contributed by atoms with Crippen LogP contribution in [0.2, 0.25) is 4.34 Å². The molecule has 2 rings (SSSR count). The van der Waals surface area contributed by atoms with Crippen molar-refractivity contribution >= 4 is 22.9 Å². The molecule has 1 aromatic heterocycles. The van der Waals surface area contributed by atoms with Crippen molar-refractivity contribution in [2.75, 3.05) is 19.8 Å². The molecule has 1 unspecified atom stereocenters. The molecule has 1 aromatic rings. The second-order valence-electron chi connectivity index (χ2n) is 3.14. The molecule has 1 fully saturated rings. The molecule has 0 saturated carbocycles. The quantitative estimate of drug-likeness (QED) is 0.818. The van der Waals surface area contributed by atoms with Crippen LogP contribution >= 0.6 is 22.9 Å². The van der Waals surface area contributed by atoms with Crippen LogP contribution in [-0.4, -0.2) is 25.8 Å². The van der Waals surface area contributed by atoms with E-state index in [-0.39, 0.29) is 0 Å². The van der Waals surface area contributed by atoms with Gasteiger partial charge in [0.05, 0.1) is 17.6 Å². The third kappa shape index (κ3) is 2.68. The lowest BCUT2D eigenvalue weighted by Crippen LogP contribution is -2.42. The molecule has 1 atom stereocenters. The maximum absolute atomic E-state index is 5.84. The Morgan fingerprint density at radius 1 is 1.62 bits per heavy atom. The van der Waals surface area contributed by atoms with Crippen LogP contribution in [0.3, 0.4) is 0 Å². The summed E-state index contributed by atoms with van der Waals surface area (Å²) in [5.41, 5.74) is 0. The molecule has 2 heterocycles. The predicted octanol–water partition coefficient (Wildman–Crippen LogP) is 1.93. The molecule has 0 spiro atoms. The Balaban J connectivity index is 1.89. The fraction of sp³-hybridized carbons (Fsp3) is 0.556. The molecule has 0 amide bonds. The highest BCUT2D eigenvalue weighted by Crippen LogP contribution is 2.22. The van der Waals surface area contributed by atoms with Crippen molar-refractivity contribution in [3.05, 3.63) is 21.3 Å². The maximum Gasteiger partial charge on any atom is 0.0931 e. The predicted molar refractivity (Wildman–Crippen MR) is 55.6 cm³/mol. The van der Waals surface area contributed by atoms with Crippen LogP contribution in [0.15, 0.2) is 12.1 Å². The first-order valence-corrected chi connectivity index (χ1v) is 5.59. The van der Waals surface area contributed by atoms with Gasteiger partial charge in [0.25, 0.3) is 0 Å². The van der Waals surface area contributed by atoms with Gasteiger partial charge in [-0.2, -0.15) is 0 Å². The van der Waals surface area contributed by atoms with E-state index in [1.54, 1.807) is 11.3 Å². The van der Waals surface area contributed by atoms with Gasteiger partial charge < -0.3 is 10.1 Å². The first-order valence-electron chi connectivity index (χ1n) is 4.40. The molecule has 13 heavy (non-hydrogen) atoms. The zero-order valence-corrected chi connectivity index (χ0v) is 8.83. The highest BCUT2D eigenvalue weighted by atomic mass is 35.5. The van der Waals surface area contributed by atoms with E-state index in [0.29, 0.717) is 6.04 Å². The van der Waals surface area contributed by atoms with E-state index in [1.165, 1.54) is 4.88 Å². The molecule has 72 valence electrons. The van der Waals surface area contributed by atoms with Gasteiger partial charge in [0, 0.05) is 17.5 Å². The van der Waals surface area contributed by atoms with Gasteiger partial charge in [-0.05, 0) is 18.6 Å². The Morgan fingerprint density at radius 2 is 2.54 bits per heavy atom.